The van der Waals surface area contributed by atoms with E-state index in [1.807, 2.05) is 6.07 Å². The maximum Gasteiger partial charge on any atom is 0.309 e. The molecule has 0 spiro atoms. The molecule has 1 saturated heterocycles. The van der Waals surface area contributed by atoms with Gasteiger partial charge in [-0.3, -0.25) is 4.79 Å². The minimum Gasteiger partial charge on any atom is -0.504 e. The van der Waals surface area contributed by atoms with E-state index in [1.54, 1.807) is 24.3 Å². The number of esters is 1. The second kappa shape index (κ2) is 8.29. The number of methoxy groups -OCH3 is 3. The molecule has 28 heavy (non-hydrogen) atoms. The zero-order valence-corrected chi connectivity index (χ0v) is 16.1. The van der Waals surface area contributed by atoms with E-state index in [1.165, 1.54) is 21.3 Å². The first-order valence-electron chi connectivity index (χ1n) is 8.93. The molecule has 1 aliphatic rings. The SMILES string of the molecule is COc1cc(CC2COC(=O)C2Cc2cc(OC)c(O)c(OC)c2)ccc1O. The Morgan fingerprint density at radius 2 is 1.54 bits per heavy atom. The lowest BCUT2D eigenvalue weighted by atomic mass is 9.85. The summed E-state index contributed by atoms with van der Waals surface area (Å²) in [6, 6.07) is 8.55. The molecular formula is C21H24O7. The average Bonchev–Trinajstić information content (AvgIpc) is 3.03. The fraction of sp³-hybridized carbons (Fsp3) is 0.381. The summed E-state index contributed by atoms with van der Waals surface area (Å²) < 4.78 is 20.9. The topological polar surface area (TPSA) is 94.5 Å². The predicted molar refractivity (Wildman–Crippen MR) is 101 cm³/mol. The molecule has 7 nitrogen and oxygen atoms in total. The Hall–Kier alpha value is -3.09. The second-order valence-corrected chi connectivity index (χ2v) is 6.76. The van der Waals surface area contributed by atoms with Crippen LogP contribution >= 0.6 is 0 Å². The Bertz CT molecular complexity index is 837. The molecule has 1 fully saturated rings. The Morgan fingerprint density at radius 3 is 2.14 bits per heavy atom. The first-order valence-corrected chi connectivity index (χ1v) is 8.93. The van der Waals surface area contributed by atoms with Gasteiger partial charge in [0.25, 0.3) is 0 Å². The third kappa shape index (κ3) is 3.93. The lowest BCUT2D eigenvalue weighted by Gasteiger charge is -2.17. The van der Waals surface area contributed by atoms with Gasteiger partial charge in [-0.1, -0.05) is 6.07 Å². The van der Waals surface area contributed by atoms with Crippen LogP contribution in [0.2, 0.25) is 0 Å². The summed E-state index contributed by atoms with van der Waals surface area (Å²) in [6.07, 6.45) is 1.05. The summed E-state index contributed by atoms with van der Waals surface area (Å²) in [5.41, 5.74) is 1.76. The van der Waals surface area contributed by atoms with Crippen molar-refractivity contribution in [2.24, 2.45) is 11.8 Å². The van der Waals surface area contributed by atoms with Crippen LogP contribution in [0.25, 0.3) is 0 Å². The molecule has 1 aliphatic heterocycles. The molecule has 150 valence electrons. The predicted octanol–water partition coefficient (Wildman–Crippen LogP) is 2.70. The van der Waals surface area contributed by atoms with E-state index in [0.717, 1.165) is 11.1 Å². The van der Waals surface area contributed by atoms with E-state index in [9.17, 15) is 15.0 Å². The number of carbonyl (C=O) groups excluding carboxylic acids is 1. The van der Waals surface area contributed by atoms with Crippen LogP contribution in [0.3, 0.4) is 0 Å². The molecule has 0 aliphatic carbocycles. The zero-order chi connectivity index (χ0) is 20.3. The van der Waals surface area contributed by atoms with E-state index >= 15 is 0 Å². The van der Waals surface area contributed by atoms with E-state index in [2.05, 4.69) is 0 Å². The smallest absolute Gasteiger partial charge is 0.309 e. The van der Waals surface area contributed by atoms with E-state index in [-0.39, 0.29) is 29.3 Å². The van der Waals surface area contributed by atoms with Crippen molar-refractivity contribution < 1.29 is 34.0 Å². The van der Waals surface area contributed by atoms with Gasteiger partial charge >= 0.3 is 5.97 Å². The minimum absolute atomic E-state index is 0.0208. The number of ether oxygens (including phenoxy) is 4. The van der Waals surface area contributed by atoms with Crippen LogP contribution in [-0.2, 0) is 22.4 Å². The van der Waals surface area contributed by atoms with Gasteiger partial charge in [0.05, 0.1) is 33.9 Å². The van der Waals surface area contributed by atoms with Gasteiger partial charge in [0.15, 0.2) is 23.0 Å². The van der Waals surface area contributed by atoms with Crippen LogP contribution in [0.15, 0.2) is 30.3 Å². The molecule has 0 bridgehead atoms. The summed E-state index contributed by atoms with van der Waals surface area (Å²) in [5, 5.41) is 19.8. The van der Waals surface area contributed by atoms with Gasteiger partial charge in [0, 0.05) is 5.92 Å². The monoisotopic (exact) mass is 388 g/mol. The number of hydrogen-bond donors (Lipinski definition) is 2. The highest BCUT2D eigenvalue weighted by Gasteiger charge is 2.37. The normalized spacial score (nSPS) is 18.6. The third-order valence-electron chi connectivity index (χ3n) is 5.05. The standard InChI is InChI=1S/C21H24O7/c1-25-17-8-12(4-5-16(17)22)6-14-11-28-21(24)15(14)7-13-9-18(26-2)20(23)19(10-13)27-3/h4-5,8-10,14-15,22-23H,6-7,11H2,1-3H3. The molecule has 0 radical (unpaired) electrons. The van der Waals surface area contributed by atoms with Crippen molar-refractivity contribution in [3.8, 4) is 28.7 Å². The highest BCUT2D eigenvalue weighted by atomic mass is 16.5. The van der Waals surface area contributed by atoms with Crippen LogP contribution in [0.1, 0.15) is 11.1 Å². The van der Waals surface area contributed by atoms with Crippen LogP contribution in [-0.4, -0.2) is 44.1 Å². The average molecular weight is 388 g/mol. The van der Waals surface area contributed by atoms with Gasteiger partial charge in [-0.25, -0.2) is 0 Å². The number of rotatable bonds is 7. The molecule has 2 atom stereocenters. The number of cyclic esters (lactones) is 1. The van der Waals surface area contributed by atoms with Crippen LogP contribution < -0.4 is 14.2 Å². The van der Waals surface area contributed by atoms with Crippen molar-refractivity contribution >= 4 is 5.97 Å². The van der Waals surface area contributed by atoms with Crippen molar-refractivity contribution in [1.82, 2.24) is 0 Å². The van der Waals surface area contributed by atoms with E-state index < -0.39 is 0 Å². The quantitative estimate of drug-likeness (QED) is 0.704. The molecule has 0 aromatic heterocycles. The first kappa shape index (κ1) is 19.7. The number of hydrogen-bond acceptors (Lipinski definition) is 7. The van der Waals surface area contributed by atoms with Crippen molar-refractivity contribution in [2.45, 2.75) is 12.8 Å². The maximum absolute atomic E-state index is 12.3. The minimum atomic E-state index is -0.334. The number of carbonyl (C=O) groups is 1. The number of aromatic hydroxyl groups is 2. The van der Waals surface area contributed by atoms with Gasteiger partial charge < -0.3 is 29.2 Å². The molecule has 2 unspecified atom stereocenters. The van der Waals surface area contributed by atoms with Crippen molar-refractivity contribution in [3.63, 3.8) is 0 Å². The molecule has 2 N–H and O–H groups in total. The summed E-state index contributed by atoms with van der Waals surface area (Å²) in [6.45, 7) is 0.332. The van der Waals surface area contributed by atoms with Gasteiger partial charge in [-0.2, -0.15) is 0 Å². The molecule has 3 rings (SSSR count). The number of phenols is 2. The van der Waals surface area contributed by atoms with E-state index in [0.29, 0.717) is 36.7 Å². The second-order valence-electron chi connectivity index (χ2n) is 6.76. The van der Waals surface area contributed by atoms with Crippen molar-refractivity contribution in [1.29, 1.82) is 0 Å². The summed E-state index contributed by atoms with van der Waals surface area (Å²) in [7, 11) is 4.42. The summed E-state index contributed by atoms with van der Waals surface area (Å²) >= 11 is 0. The summed E-state index contributed by atoms with van der Waals surface area (Å²) in [4.78, 5) is 12.3. The van der Waals surface area contributed by atoms with Crippen molar-refractivity contribution in [3.05, 3.63) is 41.5 Å². The Balaban J connectivity index is 1.81. The Labute approximate surface area is 163 Å². The largest absolute Gasteiger partial charge is 0.504 e. The Morgan fingerprint density at radius 1 is 0.929 bits per heavy atom. The zero-order valence-electron chi connectivity index (χ0n) is 16.1. The lowest BCUT2D eigenvalue weighted by molar-refractivity contribution is -0.141. The molecule has 1 heterocycles. The highest BCUT2D eigenvalue weighted by molar-refractivity contribution is 5.75. The Kier molecular flexibility index (Phi) is 5.82. The van der Waals surface area contributed by atoms with Gasteiger partial charge in [0.1, 0.15) is 0 Å². The highest BCUT2D eigenvalue weighted by Crippen LogP contribution is 2.39. The van der Waals surface area contributed by atoms with Crippen molar-refractivity contribution in [2.75, 3.05) is 27.9 Å². The summed E-state index contributed by atoms with van der Waals surface area (Å²) in [5.74, 6) is 0.377. The molecular weight excluding hydrogens is 364 g/mol. The van der Waals surface area contributed by atoms with Crippen LogP contribution in [0, 0.1) is 11.8 Å². The first-order chi connectivity index (χ1) is 13.5. The van der Waals surface area contributed by atoms with Gasteiger partial charge in [-0.05, 0) is 48.2 Å². The van der Waals surface area contributed by atoms with Gasteiger partial charge in [0.2, 0.25) is 5.75 Å². The van der Waals surface area contributed by atoms with E-state index in [4.69, 9.17) is 18.9 Å². The molecule has 7 heteroatoms. The molecule has 0 saturated carbocycles. The van der Waals surface area contributed by atoms with Crippen LogP contribution in [0.5, 0.6) is 28.7 Å². The fourth-order valence-electron chi connectivity index (χ4n) is 3.53. The number of phenolic OH excluding ortho intramolecular Hbond substituents is 2. The third-order valence-corrected chi connectivity index (χ3v) is 5.05. The lowest BCUT2D eigenvalue weighted by Crippen LogP contribution is -2.20. The maximum atomic E-state index is 12.3. The van der Waals surface area contributed by atoms with Crippen LogP contribution in [0.4, 0.5) is 0 Å². The molecule has 2 aromatic rings. The molecule has 0 amide bonds. The number of benzene rings is 2. The molecule has 2 aromatic carbocycles. The van der Waals surface area contributed by atoms with Gasteiger partial charge in [-0.15, -0.1) is 0 Å². The fourth-order valence-corrected chi connectivity index (χ4v) is 3.53.